The Labute approximate surface area is 99.8 Å². The van der Waals surface area contributed by atoms with Gasteiger partial charge in [-0.1, -0.05) is 22.0 Å². The van der Waals surface area contributed by atoms with Gasteiger partial charge >= 0.3 is 0 Å². The molecule has 1 fully saturated rings. The van der Waals surface area contributed by atoms with Gasteiger partial charge in [-0.25, -0.2) is 0 Å². The summed E-state index contributed by atoms with van der Waals surface area (Å²) in [6, 6.07) is 7.10. The molecule has 1 saturated heterocycles. The molecule has 0 aromatic heterocycles. The molecule has 2 rings (SSSR count). The van der Waals surface area contributed by atoms with Gasteiger partial charge in [0.2, 0.25) is 0 Å². The zero-order valence-corrected chi connectivity index (χ0v) is 10.8. The van der Waals surface area contributed by atoms with E-state index >= 15 is 0 Å². The van der Waals surface area contributed by atoms with E-state index in [0.717, 1.165) is 17.6 Å². The van der Waals surface area contributed by atoms with Gasteiger partial charge in [0.05, 0.1) is 0 Å². The standard InChI is InChI=1S/C12H17BrN2/c1-9-3-4-10(13)7-12(9)15(2)11-5-6-14-8-11/h3-4,7,11,14H,5-6,8H2,1-2H3. The molecule has 1 aliphatic rings. The zero-order valence-electron chi connectivity index (χ0n) is 9.26. The van der Waals surface area contributed by atoms with Crippen molar-refractivity contribution in [2.75, 3.05) is 25.0 Å². The first-order valence-electron chi connectivity index (χ1n) is 5.38. The van der Waals surface area contributed by atoms with Crippen LogP contribution in [0.5, 0.6) is 0 Å². The summed E-state index contributed by atoms with van der Waals surface area (Å²) in [4.78, 5) is 2.39. The van der Waals surface area contributed by atoms with Crippen LogP contribution >= 0.6 is 15.9 Å². The summed E-state index contributed by atoms with van der Waals surface area (Å²) in [5.41, 5.74) is 2.67. The van der Waals surface area contributed by atoms with Gasteiger partial charge in [0.1, 0.15) is 0 Å². The van der Waals surface area contributed by atoms with Crippen LogP contribution in [0.2, 0.25) is 0 Å². The maximum atomic E-state index is 3.53. The molecule has 0 saturated carbocycles. The van der Waals surface area contributed by atoms with Crippen molar-refractivity contribution >= 4 is 21.6 Å². The predicted molar refractivity (Wildman–Crippen MR) is 68.6 cm³/mol. The molecule has 15 heavy (non-hydrogen) atoms. The van der Waals surface area contributed by atoms with Crippen molar-refractivity contribution in [1.82, 2.24) is 5.32 Å². The highest BCUT2D eigenvalue weighted by Gasteiger charge is 2.20. The lowest BCUT2D eigenvalue weighted by Gasteiger charge is -2.27. The Kier molecular flexibility index (Phi) is 3.32. The van der Waals surface area contributed by atoms with Crippen LogP contribution in [0.1, 0.15) is 12.0 Å². The van der Waals surface area contributed by atoms with Crippen LogP contribution in [-0.4, -0.2) is 26.2 Å². The van der Waals surface area contributed by atoms with Gasteiger partial charge < -0.3 is 10.2 Å². The molecule has 0 spiro atoms. The van der Waals surface area contributed by atoms with E-state index in [9.17, 15) is 0 Å². The fraction of sp³-hybridized carbons (Fsp3) is 0.500. The van der Waals surface area contributed by atoms with Gasteiger partial charge in [-0.15, -0.1) is 0 Å². The number of anilines is 1. The highest BCUT2D eigenvalue weighted by Crippen LogP contribution is 2.26. The largest absolute Gasteiger partial charge is 0.370 e. The van der Waals surface area contributed by atoms with Crippen LogP contribution in [0.25, 0.3) is 0 Å². The van der Waals surface area contributed by atoms with E-state index < -0.39 is 0 Å². The maximum absolute atomic E-state index is 3.53. The number of nitrogens with one attached hydrogen (secondary N) is 1. The third-order valence-electron chi connectivity index (χ3n) is 3.13. The molecule has 82 valence electrons. The van der Waals surface area contributed by atoms with Crippen LogP contribution in [0.4, 0.5) is 5.69 Å². The third kappa shape index (κ3) is 2.34. The Hall–Kier alpha value is -0.540. The highest BCUT2D eigenvalue weighted by molar-refractivity contribution is 9.10. The topological polar surface area (TPSA) is 15.3 Å². The number of nitrogens with zero attached hydrogens (tertiary/aromatic N) is 1. The number of hydrogen-bond acceptors (Lipinski definition) is 2. The second kappa shape index (κ2) is 4.54. The van der Waals surface area contributed by atoms with E-state index in [-0.39, 0.29) is 0 Å². The van der Waals surface area contributed by atoms with Crippen molar-refractivity contribution in [1.29, 1.82) is 0 Å². The first kappa shape index (κ1) is 11.0. The minimum Gasteiger partial charge on any atom is -0.370 e. The SMILES string of the molecule is Cc1ccc(Br)cc1N(C)C1CCNC1. The monoisotopic (exact) mass is 268 g/mol. The molecule has 1 heterocycles. The van der Waals surface area contributed by atoms with Crippen molar-refractivity contribution in [3.8, 4) is 0 Å². The molecule has 1 aliphatic heterocycles. The second-order valence-corrected chi connectivity index (χ2v) is 5.10. The molecule has 3 heteroatoms. The van der Waals surface area contributed by atoms with Gasteiger partial charge in [0.15, 0.2) is 0 Å². The number of halogens is 1. The Balaban J connectivity index is 2.23. The molecule has 1 aromatic carbocycles. The Morgan fingerprint density at radius 3 is 2.93 bits per heavy atom. The maximum Gasteiger partial charge on any atom is 0.0423 e. The van der Waals surface area contributed by atoms with E-state index in [1.807, 2.05) is 0 Å². The van der Waals surface area contributed by atoms with E-state index in [1.165, 1.54) is 17.7 Å². The van der Waals surface area contributed by atoms with Gasteiger partial charge in [-0.2, -0.15) is 0 Å². The minimum absolute atomic E-state index is 0.637. The first-order valence-corrected chi connectivity index (χ1v) is 6.17. The average molecular weight is 269 g/mol. The fourth-order valence-electron chi connectivity index (χ4n) is 2.13. The van der Waals surface area contributed by atoms with Gasteiger partial charge in [0, 0.05) is 29.8 Å². The van der Waals surface area contributed by atoms with Crippen LogP contribution in [-0.2, 0) is 0 Å². The average Bonchev–Trinajstić information content (AvgIpc) is 2.74. The van der Waals surface area contributed by atoms with Crippen LogP contribution in [0.3, 0.4) is 0 Å². The van der Waals surface area contributed by atoms with Crippen molar-refractivity contribution < 1.29 is 0 Å². The molecule has 1 atom stereocenters. The summed E-state index contributed by atoms with van der Waals surface area (Å²) in [7, 11) is 2.19. The first-order chi connectivity index (χ1) is 7.18. The summed E-state index contributed by atoms with van der Waals surface area (Å²) in [6.45, 7) is 4.41. The lowest BCUT2D eigenvalue weighted by atomic mass is 10.1. The molecular formula is C12H17BrN2. The number of likely N-dealkylation sites (N-methyl/N-ethyl adjacent to an activating group) is 1. The van der Waals surface area contributed by atoms with Crippen molar-refractivity contribution in [2.24, 2.45) is 0 Å². The van der Waals surface area contributed by atoms with E-state index in [1.54, 1.807) is 0 Å². The van der Waals surface area contributed by atoms with Gasteiger partial charge in [-0.05, 0) is 37.6 Å². The second-order valence-electron chi connectivity index (χ2n) is 4.19. The molecular weight excluding hydrogens is 252 g/mol. The van der Waals surface area contributed by atoms with E-state index in [2.05, 4.69) is 58.3 Å². The minimum atomic E-state index is 0.637. The molecule has 2 nitrogen and oxygen atoms in total. The quantitative estimate of drug-likeness (QED) is 0.887. The third-order valence-corrected chi connectivity index (χ3v) is 3.63. The van der Waals surface area contributed by atoms with Crippen molar-refractivity contribution in [3.05, 3.63) is 28.2 Å². The smallest absolute Gasteiger partial charge is 0.0423 e. The summed E-state index contributed by atoms with van der Waals surface area (Å²) < 4.78 is 1.15. The fourth-order valence-corrected chi connectivity index (χ4v) is 2.48. The summed E-state index contributed by atoms with van der Waals surface area (Å²) >= 11 is 3.53. The van der Waals surface area contributed by atoms with Crippen LogP contribution in [0.15, 0.2) is 22.7 Å². The number of rotatable bonds is 2. The summed E-state index contributed by atoms with van der Waals surface area (Å²) in [6.07, 6.45) is 1.24. The summed E-state index contributed by atoms with van der Waals surface area (Å²) in [5.74, 6) is 0. The van der Waals surface area contributed by atoms with Crippen LogP contribution < -0.4 is 10.2 Å². The number of hydrogen-bond donors (Lipinski definition) is 1. The number of aryl methyl sites for hydroxylation is 1. The molecule has 1 unspecified atom stereocenters. The Morgan fingerprint density at radius 2 is 2.27 bits per heavy atom. The van der Waals surface area contributed by atoms with Gasteiger partial charge in [-0.3, -0.25) is 0 Å². The Morgan fingerprint density at radius 1 is 1.47 bits per heavy atom. The van der Waals surface area contributed by atoms with Gasteiger partial charge in [0.25, 0.3) is 0 Å². The molecule has 0 aliphatic carbocycles. The zero-order chi connectivity index (χ0) is 10.8. The lowest BCUT2D eigenvalue weighted by Crippen LogP contribution is -2.33. The van der Waals surface area contributed by atoms with E-state index in [4.69, 9.17) is 0 Å². The highest BCUT2D eigenvalue weighted by atomic mass is 79.9. The lowest BCUT2D eigenvalue weighted by molar-refractivity contribution is 0.684. The van der Waals surface area contributed by atoms with Crippen LogP contribution in [0, 0.1) is 6.92 Å². The molecule has 1 N–H and O–H groups in total. The summed E-state index contributed by atoms with van der Waals surface area (Å²) in [5, 5.41) is 3.40. The van der Waals surface area contributed by atoms with E-state index in [0.29, 0.717) is 6.04 Å². The molecule has 0 amide bonds. The number of benzene rings is 1. The Bertz CT molecular complexity index is 345. The molecule has 1 aromatic rings. The normalized spacial score (nSPS) is 20.6. The molecule has 0 bridgehead atoms. The van der Waals surface area contributed by atoms with Crippen molar-refractivity contribution in [3.63, 3.8) is 0 Å². The predicted octanol–water partition coefficient (Wildman–Crippen LogP) is 2.56. The molecule has 0 radical (unpaired) electrons. The van der Waals surface area contributed by atoms with Crippen molar-refractivity contribution in [2.45, 2.75) is 19.4 Å².